The van der Waals surface area contributed by atoms with Crippen molar-refractivity contribution in [1.82, 2.24) is 14.6 Å². The minimum Gasteiger partial charge on any atom is -0.354 e. The van der Waals surface area contributed by atoms with Crippen LogP contribution in [-0.2, 0) is 16.2 Å². The summed E-state index contributed by atoms with van der Waals surface area (Å²) in [6.45, 7) is 4.86. The van der Waals surface area contributed by atoms with E-state index in [9.17, 15) is 26.0 Å². The van der Waals surface area contributed by atoms with E-state index in [0.29, 0.717) is 31.8 Å². The Morgan fingerprint density at radius 1 is 1.13 bits per heavy atom. The fraction of sp³-hybridized carbons (Fsp3) is 0.421. The van der Waals surface area contributed by atoms with Crippen LogP contribution in [0, 0.1) is 5.82 Å². The van der Waals surface area contributed by atoms with Crippen LogP contribution >= 0.6 is 0 Å². The summed E-state index contributed by atoms with van der Waals surface area (Å²) in [6.07, 6.45) is -3.26. The second-order valence-corrected chi connectivity index (χ2v) is 8.85. The van der Waals surface area contributed by atoms with Crippen LogP contribution in [0.2, 0.25) is 0 Å². The number of sulfonamides is 1. The van der Waals surface area contributed by atoms with Gasteiger partial charge < -0.3 is 4.90 Å². The number of pyridine rings is 1. The molecule has 1 aliphatic rings. The molecular formula is C19H22F4N4O2S. The lowest BCUT2D eigenvalue weighted by atomic mass is 10.2. The number of benzene rings is 1. The monoisotopic (exact) mass is 446 g/mol. The van der Waals surface area contributed by atoms with E-state index < -0.39 is 38.5 Å². The molecule has 3 rings (SSSR count). The van der Waals surface area contributed by atoms with Crippen molar-refractivity contribution < 1.29 is 26.0 Å². The molecule has 2 aromatic rings. The summed E-state index contributed by atoms with van der Waals surface area (Å²) in [7, 11) is -4.23. The Bertz CT molecular complexity index is 962. The maximum Gasteiger partial charge on any atom is 0.419 e. The molecule has 1 unspecified atom stereocenters. The van der Waals surface area contributed by atoms with E-state index in [2.05, 4.69) is 19.5 Å². The Hall–Kier alpha value is -2.24. The second-order valence-electron chi connectivity index (χ2n) is 7.14. The number of rotatable bonds is 6. The number of halogens is 4. The van der Waals surface area contributed by atoms with Gasteiger partial charge in [0.2, 0.25) is 10.0 Å². The third kappa shape index (κ3) is 5.46. The number of hydrogen-bond donors (Lipinski definition) is 1. The molecule has 0 aliphatic carbocycles. The van der Waals surface area contributed by atoms with Gasteiger partial charge in [-0.3, -0.25) is 4.90 Å². The minimum absolute atomic E-state index is 0.315. The summed E-state index contributed by atoms with van der Waals surface area (Å²) in [5.41, 5.74) is -1.61. The Balaban J connectivity index is 1.59. The summed E-state index contributed by atoms with van der Waals surface area (Å²) in [6, 6.07) is 6.78. The van der Waals surface area contributed by atoms with Crippen molar-refractivity contribution in [3.8, 4) is 0 Å². The molecule has 1 aliphatic heterocycles. The van der Waals surface area contributed by atoms with Gasteiger partial charge in [0.25, 0.3) is 0 Å². The molecule has 0 saturated carbocycles. The number of alkyl halides is 3. The standard InChI is InChI=1S/C19H22F4N4O2S/c1-14(13-26-8-10-27(11-9-26)18-4-2-3-7-24-18)25-30(28,29)15-5-6-17(20)16(12-15)19(21,22)23/h2-7,12,14,25H,8-11,13H2,1H3. The van der Waals surface area contributed by atoms with Crippen molar-refractivity contribution in [2.75, 3.05) is 37.6 Å². The van der Waals surface area contributed by atoms with Crippen LogP contribution in [0.25, 0.3) is 0 Å². The fourth-order valence-electron chi connectivity index (χ4n) is 3.35. The van der Waals surface area contributed by atoms with Gasteiger partial charge >= 0.3 is 6.18 Å². The Morgan fingerprint density at radius 2 is 1.83 bits per heavy atom. The van der Waals surface area contributed by atoms with Crippen molar-refractivity contribution in [1.29, 1.82) is 0 Å². The summed E-state index contributed by atoms with van der Waals surface area (Å²) in [4.78, 5) is 7.88. The lowest BCUT2D eigenvalue weighted by Gasteiger charge is -2.36. The van der Waals surface area contributed by atoms with Gasteiger partial charge in [-0.1, -0.05) is 6.07 Å². The maximum atomic E-state index is 13.4. The highest BCUT2D eigenvalue weighted by molar-refractivity contribution is 7.89. The molecule has 0 spiro atoms. The molecule has 1 saturated heterocycles. The Morgan fingerprint density at radius 3 is 2.43 bits per heavy atom. The summed E-state index contributed by atoms with van der Waals surface area (Å²) >= 11 is 0. The van der Waals surface area contributed by atoms with E-state index in [1.807, 2.05) is 18.2 Å². The molecule has 1 fully saturated rings. The van der Waals surface area contributed by atoms with Crippen LogP contribution in [0.5, 0.6) is 0 Å². The molecule has 0 radical (unpaired) electrons. The second kappa shape index (κ2) is 8.86. The maximum absolute atomic E-state index is 13.4. The van der Waals surface area contributed by atoms with Crippen molar-refractivity contribution in [3.05, 3.63) is 54.0 Å². The van der Waals surface area contributed by atoms with E-state index >= 15 is 0 Å². The van der Waals surface area contributed by atoms with Gasteiger partial charge in [0, 0.05) is 45.0 Å². The van der Waals surface area contributed by atoms with Crippen LogP contribution in [0.3, 0.4) is 0 Å². The molecule has 11 heteroatoms. The number of nitrogens with zero attached hydrogens (tertiary/aromatic N) is 3. The van der Waals surface area contributed by atoms with Crippen LogP contribution in [0.15, 0.2) is 47.5 Å². The SMILES string of the molecule is CC(CN1CCN(c2ccccn2)CC1)NS(=O)(=O)c1ccc(F)c(C(F)(F)F)c1. The normalized spacial score (nSPS) is 17.2. The lowest BCUT2D eigenvalue weighted by Crippen LogP contribution is -2.51. The first-order chi connectivity index (χ1) is 14.1. The highest BCUT2D eigenvalue weighted by Gasteiger charge is 2.35. The van der Waals surface area contributed by atoms with Crippen LogP contribution < -0.4 is 9.62 Å². The third-order valence-corrected chi connectivity index (χ3v) is 6.37. The number of anilines is 1. The van der Waals surface area contributed by atoms with E-state index in [-0.39, 0.29) is 0 Å². The number of hydrogen-bond acceptors (Lipinski definition) is 5. The highest BCUT2D eigenvalue weighted by Crippen LogP contribution is 2.32. The van der Waals surface area contributed by atoms with Gasteiger partial charge in [0.15, 0.2) is 0 Å². The molecular weight excluding hydrogens is 424 g/mol. The van der Waals surface area contributed by atoms with Crippen molar-refractivity contribution in [2.24, 2.45) is 0 Å². The molecule has 1 atom stereocenters. The van der Waals surface area contributed by atoms with Crippen molar-refractivity contribution in [2.45, 2.75) is 24.0 Å². The smallest absolute Gasteiger partial charge is 0.354 e. The van der Waals surface area contributed by atoms with Crippen LogP contribution in [0.1, 0.15) is 12.5 Å². The first kappa shape index (κ1) is 22.4. The quantitative estimate of drug-likeness (QED) is 0.692. The summed E-state index contributed by atoms with van der Waals surface area (Å²) in [5, 5.41) is 0. The average Bonchev–Trinajstić information content (AvgIpc) is 2.68. The predicted octanol–water partition coefficient (Wildman–Crippen LogP) is 2.73. The van der Waals surface area contributed by atoms with Crippen LogP contribution in [-0.4, -0.2) is 57.1 Å². The van der Waals surface area contributed by atoms with E-state index in [0.717, 1.165) is 25.0 Å². The minimum atomic E-state index is -4.98. The van der Waals surface area contributed by atoms with E-state index in [1.54, 1.807) is 13.1 Å². The average molecular weight is 446 g/mol. The van der Waals surface area contributed by atoms with Gasteiger partial charge in [-0.25, -0.2) is 22.5 Å². The topological polar surface area (TPSA) is 65.5 Å². The van der Waals surface area contributed by atoms with Gasteiger partial charge in [-0.2, -0.15) is 13.2 Å². The number of aromatic nitrogens is 1. The van der Waals surface area contributed by atoms with Gasteiger partial charge in [-0.15, -0.1) is 0 Å². The van der Waals surface area contributed by atoms with Crippen molar-refractivity contribution in [3.63, 3.8) is 0 Å². The van der Waals surface area contributed by atoms with Gasteiger partial charge in [-0.05, 0) is 37.3 Å². The zero-order valence-electron chi connectivity index (χ0n) is 16.2. The first-order valence-electron chi connectivity index (χ1n) is 9.34. The number of nitrogens with one attached hydrogen (secondary N) is 1. The van der Waals surface area contributed by atoms with E-state index in [1.165, 1.54) is 0 Å². The molecule has 1 aromatic heterocycles. The largest absolute Gasteiger partial charge is 0.419 e. The third-order valence-electron chi connectivity index (χ3n) is 4.79. The summed E-state index contributed by atoms with van der Waals surface area (Å²) < 4.78 is 79.4. The molecule has 1 N–H and O–H groups in total. The fourth-order valence-corrected chi connectivity index (χ4v) is 4.61. The molecule has 6 nitrogen and oxygen atoms in total. The van der Waals surface area contributed by atoms with Crippen LogP contribution in [0.4, 0.5) is 23.4 Å². The lowest BCUT2D eigenvalue weighted by molar-refractivity contribution is -0.140. The van der Waals surface area contributed by atoms with Crippen molar-refractivity contribution >= 4 is 15.8 Å². The summed E-state index contributed by atoms with van der Waals surface area (Å²) in [5.74, 6) is -0.636. The van der Waals surface area contributed by atoms with Gasteiger partial charge in [0.05, 0.1) is 10.5 Å². The molecule has 2 heterocycles. The molecule has 164 valence electrons. The predicted molar refractivity (Wildman–Crippen MR) is 104 cm³/mol. The Kier molecular flexibility index (Phi) is 6.63. The molecule has 1 aromatic carbocycles. The molecule has 30 heavy (non-hydrogen) atoms. The molecule has 0 amide bonds. The van der Waals surface area contributed by atoms with Gasteiger partial charge in [0.1, 0.15) is 11.6 Å². The van der Waals surface area contributed by atoms with E-state index in [4.69, 9.17) is 0 Å². The highest BCUT2D eigenvalue weighted by atomic mass is 32.2. The number of piperazine rings is 1. The molecule has 0 bridgehead atoms. The Labute approximate surface area is 172 Å². The first-order valence-corrected chi connectivity index (χ1v) is 10.8. The zero-order chi connectivity index (χ0) is 21.9. The zero-order valence-corrected chi connectivity index (χ0v) is 17.0.